The highest BCUT2D eigenvalue weighted by atomic mass is 32.2. The Morgan fingerprint density at radius 3 is 2.57 bits per heavy atom. The molecule has 0 aromatic rings. The maximum absolute atomic E-state index is 12.4. The molecule has 1 spiro atoms. The van der Waals surface area contributed by atoms with E-state index < -0.39 is 38.8 Å². The minimum Gasteiger partial charge on any atom is -0.480 e. The average molecular weight is 319 g/mol. The van der Waals surface area contributed by atoms with Crippen LogP contribution in [0.4, 0.5) is 0 Å². The SMILES string of the molecule is CC(=O)NC(CS(=O)(=O)C1CCOC2(CCC2)C1)C(=O)O. The fourth-order valence-electron chi connectivity index (χ4n) is 3.00. The lowest BCUT2D eigenvalue weighted by molar-refractivity contribution is -0.140. The summed E-state index contributed by atoms with van der Waals surface area (Å²) in [5, 5.41) is 10.6. The van der Waals surface area contributed by atoms with Crippen molar-refractivity contribution in [3.63, 3.8) is 0 Å². The number of amides is 1. The molecule has 7 nitrogen and oxygen atoms in total. The molecule has 0 radical (unpaired) electrons. The van der Waals surface area contributed by atoms with Crippen LogP contribution in [-0.2, 0) is 24.2 Å². The quantitative estimate of drug-likeness (QED) is 0.743. The molecule has 21 heavy (non-hydrogen) atoms. The number of hydrogen-bond donors (Lipinski definition) is 2. The third-order valence-electron chi connectivity index (χ3n) is 4.29. The molecule has 0 aromatic carbocycles. The van der Waals surface area contributed by atoms with Crippen molar-refractivity contribution in [1.82, 2.24) is 5.32 Å². The molecule has 2 rings (SSSR count). The van der Waals surface area contributed by atoms with Gasteiger partial charge in [-0.25, -0.2) is 13.2 Å². The largest absolute Gasteiger partial charge is 0.480 e. The molecule has 1 heterocycles. The summed E-state index contributed by atoms with van der Waals surface area (Å²) in [5.74, 6) is -2.46. The van der Waals surface area contributed by atoms with Gasteiger partial charge in [0, 0.05) is 13.5 Å². The van der Waals surface area contributed by atoms with Gasteiger partial charge in [-0.1, -0.05) is 0 Å². The van der Waals surface area contributed by atoms with E-state index in [-0.39, 0.29) is 5.60 Å². The molecule has 0 bridgehead atoms. The number of carbonyl (C=O) groups excluding carboxylic acids is 1. The summed E-state index contributed by atoms with van der Waals surface area (Å²) < 4.78 is 30.6. The molecule has 2 fully saturated rings. The number of ether oxygens (including phenoxy) is 1. The summed E-state index contributed by atoms with van der Waals surface area (Å²) >= 11 is 0. The predicted molar refractivity (Wildman–Crippen MR) is 74.6 cm³/mol. The minimum absolute atomic E-state index is 0.317. The summed E-state index contributed by atoms with van der Waals surface area (Å²) in [6.45, 7) is 1.56. The number of hydrogen-bond acceptors (Lipinski definition) is 5. The van der Waals surface area contributed by atoms with Crippen LogP contribution in [0.2, 0.25) is 0 Å². The van der Waals surface area contributed by atoms with E-state index in [1.165, 1.54) is 6.92 Å². The van der Waals surface area contributed by atoms with Gasteiger partial charge in [0.05, 0.1) is 16.6 Å². The normalized spacial score (nSPS) is 25.9. The van der Waals surface area contributed by atoms with Gasteiger partial charge in [0.25, 0.3) is 0 Å². The molecule has 1 saturated heterocycles. The lowest BCUT2D eigenvalue weighted by Gasteiger charge is -2.47. The lowest BCUT2D eigenvalue weighted by Crippen LogP contribution is -2.52. The summed E-state index contributed by atoms with van der Waals surface area (Å²) in [4.78, 5) is 22.1. The molecular weight excluding hydrogens is 298 g/mol. The Kier molecular flexibility index (Phi) is 4.57. The number of aliphatic carboxylic acids is 1. The molecular formula is C13H21NO6S. The van der Waals surface area contributed by atoms with E-state index in [9.17, 15) is 18.0 Å². The Hall–Kier alpha value is -1.15. The number of sulfone groups is 1. The lowest BCUT2D eigenvalue weighted by atomic mass is 9.75. The van der Waals surface area contributed by atoms with Crippen LogP contribution in [0.1, 0.15) is 39.0 Å². The highest BCUT2D eigenvalue weighted by molar-refractivity contribution is 7.92. The number of carboxylic acid groups (broad SMARTS) is 1. The van der Waals surface area contributed by atoms with Crippen molar-refractivity contribution >= 4 is 21.7 Å². The van der Waals surface area contributed by atoms with Crippen molar-refractivity contribution < 1.29 is 27.9 Å². The molecule has 8 heteroatoms. The standard InChI is InChI=1S/C13H21NO6S/c1-9(15)14-11(12(16)17)8-21(18,19)10-3-6-20-13(7-10)4-2-5-13/h10-11H,2-8H2,1H3,(H,14,15)(H,16,17). The maximum atomic E-state index is 12.4. The van der Waals surface area contributed by atoms with Crippen LogP contribution in [0.5, 0.6) is 0 Å². The zero-order valence-electron chi connectivity index (χ0n) is 12.0. The van der Waals surface area contributed by atoms with Crippen LogP contribution in [0.25, 0.3) is 0 Å². The number of carboxylic acids is 1. The number of rotatable bonds is 5. The Morgan fingerprint density at radius 1 is 1.43 bits per heavy atom. The van der Waals surface area contributed by atoms with Crippen LogP contribution < -0.4 is 5.32 Å². The first-order valence-corrected chi connectivity index (χ1v) is 8.81. The maximum Gasteiger partial charge on any atom is 0.327 e. The molecule has 1 saturated carbocycles. The topological polar surface area (TPSA) is 110 Å². The van der Waals surface area contributed by atoms with E-state index in [2.05, 4.69) is 5.32 Å². The Balaban J connectivity index is 2.05. The summed E-state index contributed by atoms with van der Waals surface area (Å²) in [5.41, 5.74) is -0.317. The third-order valence-corrected chi connectivity index (χ3v) is 6.51. The average Bonchev–Trinajstić information content (AvgIpc) is 2.35. The smallest absolute Gasteiger partial charge is 0.327 e. The Labute approximate surface area is 124 Å². The van der Waals surface area contributed by atoms with Gasteiger partial charge in [-0.2, -0.15) is 0 Å². The van der Waals surface area contributed by atoms with Crippen molar-refractivity contribution in [2.45, 2.75) is 55.9 Å². The van der Waals surface area contributed by atoms with Gasteiger partial charge in [-0.15, -0.1) is 0 Å². The fourth-order valence-corrected chi connectivity index (χ4v) is 4.97. The van der Waals surface area contributed by atoms with E-state index in [0.29, 0.717) is 19.4 Å². The molecule has 120 valence electrons. The zero-order valence-corrected chi connectivity index (χ0v) is 12.8. The monoisotopic (exact) mass is 319 g/mol. The van der Waals surface area contributed by atoms with Crippen molar-refractivity contribution in [1.29, 1.82) is 0 Å². The van der Waals surface area contributed by atoms with Gasteiger partial charge in [0.2, 0.25) is 5.91 Å². The minimum atomic E-state index is -3.60. The van der Waals surface area contributed by atoms with Crippen molar-refractivity contribution in [2.75, 3.05) is 12.4 Å². The van der Waals surface area contributed by atoms with E-state index in [1.54, 1.807) is 0 Å². The first-order chi connectivity index (χ1) is 9.74. The molecule has 2 unspecified atom stereocenters. The first-order valence-electron chi connectivity index (χ1n) is 7.10. The summed E-state index contributed by atoms with van der Waals surface area (Å²) in [6.07, 6.45) is 3.59. The zero-order chi connectivity index (χ0) is 15.7. The van der Waals surface area contributed by atoms with Crippen LogP contribution in [-0.4, -0.2) is 54.7 Å². The van der Waals surface area contributed by atoms with Gasteiger partial charge < -0.3 is 15.2 Å². The third kappa shape index (κ3) is 3.74. The van der Waals surface area contributed by atoms with E-state index in [4.69, 9.17) is 9.84 Å². The number of carbonyl (C=O) groups is 2. The number of nitrogens with one attached hydrogen (secondary N) is 1. The molecule has 2 aliphatic rings. The van der Waals surface area contributed by atoms with Crippen LogP contribution >= 0.6 is 0 Å². The molecule has 0 aromatic heterocycles. The van der Waals surface area contributed by atoms with Crippen molar-refractivity contribution in [3.05, 3.63) is 0 Å². The van der Waals surface area contributed by atoms with Gasteiger partial charge in [0.15, 0.2) is 9.84 Å². The Morgan fingerprint density at radius 2 is 2.10 bits per heavy atom. The van der Waals surface area contributed by atoms with Crippen molar-refractivity contribution in [2.24, 2.45) is 0 Å². The van der Waals surface area contributed by atoms with Crippen molar-refractivity contribution in [3.8, 4) is 0 Å². The molecule has 2 atom stereocenters. The van der Waals surface area contributed by atoms with E-state index >= 15 is 0 Å². The van der Waals surface area contributed by atoms with Crippen LogP contribution in [0.3, 0.4) is 0 Å². The summed E-state index contributed by atoms with van der Waals surface area (Å²) in [6, 6.07) is -1.40. The van der Waals surface area contributed by atoms with E-state index in [1.807, 2.05) is 0 Å². The van der Waals surface area contributed by atoms with Crippen LogP contribution in [0.15, 0.2) is 0 Å². The van der Waals surface area contributed by atoms with Crippen LogP contribution in [0, 0.1) is 0 Å². The Bertz CT molecular complexity index is 525. The van der Waals surface area contributed by atoms with Gasteiger partial charge >= 0.3 is 5.97 Å². The van der Waals surface area contributed by atoms with E-state index in [0.717, 1.165) is 19.3 Å². The second-order valence-electron chi connectivity index (χ2n) is 5.92. The molecule has 1 aliphatic carbocycles. The van der Waals surface area contributed by atoms with Gasteiger partial charge in [-0.3, -0.25) is 4.79 Å². The first kappa shape index (κ1) is 16.2. The van der Waals surface area contributed by atoms with Gasteiger partial charge in [-0.05, 0) is 32.1 Å². The highest BCUT2D eigenvalue weighted by Crippen LogP contribution is 2.43. The predicted octanol–water partition coefficient (Wildman–Crippen LogP) is 0.0922. The molecule has 1 amide bonds. The second-order valence-corrected chi connectivity index (χ2v) is 8.25. The molecule has 1 aliphatic heterocycles. The van der Waals surface area contributed by atoms with Gasteiger partial charge in [0.1, 0.15) is 6.04 Å². The summed E-state index contributed by atoms with van der Waals surface area (Å²) in [7, 11) is -3.60. The molecule has 2 N–H and O–H groups in total. The fraction of sp³-hybridized carbons (Fsp3) is 0.846. The second kappa shape index (κ2) is 5.92. The highest BCUT2D eigenvalue weighted by Gasteiger charge is 2.46.